The third-order valence-electron chi connectivity index (χ3n) is 4.54. The standard InChI is InChI=1S/C20H18N4/c1-13(21)24-19-8-6-14(10-15(19)7-9-20(24)22)18-12-23-11-16-4-2-3-5-17(16)18/h2-6,8,10-12,21-22H,7,9H2,1H3. The highest BCUT2D eigenvalue weighted by Gasteiger charge is 2.23. The normalized spacial score (nSPS) is 13.9. The summed E-state index contributed by atoms with van der Waals surface area (Å²) in [5, 5.41) is 18.4. The zero-order valence-electron chi connectivity index (χ0n) is 13.5. The molecule has 24 heavy (non-hydrogen) atoms. The lowest BCUT2D eigenvalue weighted by Gasteiger charge is -2.31. The molecule has 1 aliphatic rings. The third kappa shape index (κ3) is 2.27. The third-order valence-corrected chi connectivity index (χ3v) is 4.54. The van der Waals surface area contributed by atoms with Crippen LogP contribution in [0, 0.1) is 10.8 Å². The number of nitrogens with zero attached hydrogens (tertiary/aromatic N) is 2. The van der Waals surface area contributed by atoms with Gasteiger partial charge in [-0.1, -0.05) is 30.3 Å². The van der Waals surface area contributed by atoms with Crippen molar-refractivity contribution in [1.82, 2.24) is 4.98 Å². The van der Waals surface area contributed by atoms with Gasteiger partial charge in [0.05, 0.1) is 5.69 Å². The van der Waals surface area contributed by atoms with Crippen molar-refractivity contribution in [3.8, 4) is 11.1 Å². The van der Waals surface area contributed by atoms with Crippen LogP contribution in [0.2, 0.25) is 0 Å². The fraction of sp³-hybridized carbons (Fsp3) is 0.150. The van der Waals surface area contributed by atoms with Gasteiger partial charge in [-0.05, 0) is 42.0 Å². The minimum Gasteiger partial charge on any atom is -0.288 e. The second kappa shape index (κ2) is 5.57. The van der Waals surface area contributed by atoms with Crippen molar-refractivity contribution in [3.05, 3.63) is 60.4 Å². The molecule has 0 saturated heterocycles. The van der Waals surface area contributed by atoms with Crippen LogP contribution in [0.15, 0.2) is 54.9 Å². The molecular formula is C20H18N4. The molecule has 0 bridgehead atoms. The topological polar surface area (TPSA) is 63.8 Å². The summed E-state index contributed by atoms with van der Waals surface area (Å²) >= 11 is 0. The Morgan fingerprint density at radius 2 is 1.92 bits per heavy atom. The summed E-state index contributed by atoms with van der Waals surface area (Å²) < 4.78 is 0. The summed E-state index contributed by atoms with van der Waals surface area (Å²) in [6.07, 6.45) is 5.30. The number of aryl methyl sites for hydroxylation is 1. The van der Waals surface area contributed by atoms with Gasteiger partial charge < -0.3 is 0 Å². The lowest BCUT2D eigenvalue weighted by Crippen LogP contribution is -2.37. The maximum Gasteiger partial charge on any atom is 0.106 e. The molecular weight excluding hydrogens is 296 g/mol. The average Bonchev–Trinajstić information content (AvgIpc) is 2.60. The molecule has 0 radical (unpaired) electrons. The van der Waals surface area contributed by atoms with Crippen LogP contribution in [0.25, 0.3) is 21.9 Å². The van der Waals surface area contributed by atoms with E-state index < -0.39 is 0 Å². The van der Waals surface area contributed by atoms with Crippen molar-refractivity contribution in [2.45, 2.75) is 19.8 Å². The van der Waals surface area contributed by atoms with Gasteiger partial charge in [-0.15, -0.1) is 0 Å². The van der Waals surface area contributed by atoms with Crippen molar-refractivity contribution in [3.63, 3.8) is 0 Å². The predicted octanol–water partition coefficient (Wildman–Crippen LogP) is 4.63. The van der Waals surface area contributed by atoms with Crippen molar-refractivity contribution in [2.24, 2.45) is 0 Å². The van der Waals surface area contributed by atoms with E-state index in [1.807, 2.05) is 30.6 Å². The molecule has 2 N–H and O–H groups in total. The number of benzene rings is 2. The van der Waals surface area contributed by atoms with E-state index in [9.17, 15) is 0 Å². The van der Waals surface area contributed by atoms with Gasteiger partial charge in [0.1, 0.15) is 11.7 Å². The second-order valence-corrected chi connectivity index (χ2v) is 6.12. The summed E-state index contributed by atoms with van der Waals surface area (Å²) in [7, 11) is 0. The highest BCUT2D eigenvalue weighted by Crippen LogP contribution is 2.34. The largest absolute Gasteiger partial charge is 0.288 e. The van der Waals surface area contributed by atoms with Crippen molar-refractivity contribution in [2.75, 3.05) is 4.90 Å². The van der Waals surface area contributed by atoms with Crippen molar-refractivity contribution < 1.29 is 0 Å². The Bertz CT molecular complexity index is 969. The maximum atomic E-state index is 8.11. The van der Waals surface area contributed by atoms with Gasteiger partial charge in [0.15, 0.2) is 0 Å². The van der Waals surface area contributed by atoms with E-state index in [-0.39, 0.29) is 0 Å². The summed E-state index contributed by atoms with van der Waals surface area (Å²) in [6.45, 7) is 1.73. The molecule has 4 heteroatoms. The zero-order valence-corrected chi connectivity index (χ0v) is 13.5. The monoisotopic (exact) mass is 314 g/mol. The van der Waals surface area contributed by atoms with Crippen LogP contribution in [0.4, 0.5) is 5.69 Å². The Hall–Kier alpha value is -3.01. The summed E-state index contributed by atoms with van der Waals surface area (Å²) in [5.41, 5.74) is 4.39. The van der Waals surface area contributed by atoms with Gasteiger partial charge in [-0.25, -0.2) is 0 Å². The summed E-state index contributed by atoms with van der Waals surface area (Å²) in [5.74, 6) is 0.884. The first-order valence-corrected chi connectivity index (χ1v) is 8.04. The Balaban J connectivity index is 1.87. The average molecular weight is 314 g/mol. The zero-order chi connectivity index (χ0) is 16.7. The molecule has 0 atom stereocenters. The van der Waals surface area contributed by atoms with Crippen LogP contribution in [0.3, 0.4) is 0 Å². The van der Waals surface area contributed by atoms with Gasteiger partial charge >= 0.3 is 0 Å². The fourth-order valence-corrected chi connectivity index (χ4v) is 3.41. The summed E-state index contributed by atoms with van der Waals surface area (Å²) in [6, 6.07) is 14.5. The molecule has 4 nitrogen and oxygen atoms in total. The summed E-state index contributed by atoms with van der Waals surface area (Å²) in [4.78, 5) is 6.10. The first-order valence-electron chi connectivity index (χ1n) is 8.04. The molecule has 0 fully saturated rings. The van der Waals surface area contributed by atoms with E-state index in [1.54, 1.807) is 11.8 Å². The molecule has 3 aromatic rings. The molecule has 0 unspecified atom stereocenters. The Morgan fingerprint density at radius 3 is 2.75 bits per heavy atom. The number of hydrogen-bond donors (Lipinski definition) is 2. The number of amidine groups is 2. The quantitative estimate of drug-likeness (QED) is 0.508. The molecule has 0 spiro atoms. The van der Waals surface area contributed by atoms with E-state index in [1.165, 1.54) is 10.9 Å². The number of hydrogen-bond acceptors (Lipinski definition) is 3. The molecule has 4 rings (SSSR count). The Labute approximate surface area is 140 Å². The van der Waals surface area contributed by atoms with Gasteiger partial charge in [0.2, 0.25) is 0 Å². The smallest absolute Gasteiger partial charge is 0.106 e. The maximum absolute atomic E-state index is 8.11. The first-order chi connectivity index (χ1) is 11.6. The number of nitrogens with one attached hydrogen (secondary N) is 2. The highest BCUT2D eigenvalue weighted by atomic mass is 15.2. The van der Waals surface area contributed by atoms with Crippen LogP contribution in [0.1, 0.15) is 18.9 Å². The van der Waals surface area contributed by atoms with E-state index in [2.05, 4.69) is 29.2 Å². The molecule has 2 aromatic carbocycles. The molecule has 1 aliphatic heterocycles. The molecule has 2 heterocycles. The lowest BCUT2D eigenvalue weighted by molar-refractivity contribution is 0.968. The fourth-order valence-electron chi connectivity index (χ4n) is 3.41. The highest BCUT2D eigenvalue weighted by molar-refractivity contribution is 6.17. The second-order valence-electron chi connectivity index (χ2n) is 6.12. The number of aromatic nitrogens is 1. The van der Waals surface area contributed by atoms with E-state index in [0.717, 1.165) is 28.6 Å². The van der Waals surface area contributed by atoms with Gasteiger partial charge in [-0.3, -0.25) is 20.7 Å². The molecule has 0 saturated carbocycles. The van der Waals surface area contributed by atoms with Crippen LogP contribution >= 0.6 is 0 Å². The molecule has 0 aliphatic carbocycles. The predicted molar refractivity (Wildman–Crippen MR) is 99.1 cm³/mol. The van der Waals surface area contributed by atoms with Crippen molar-refractivity contribution in [1.29, 1.82) is 10.8 Å². The Morgan fingerprint density at radius 1 is 1.08 bits per heavy atom. The van der Waals surface area contributed by atoms with Crippen LogP contribution in [-0.4, -0.2) is 16.7 Å². The van der Waals surface area contributed by atoms with E-state index in [0.29, 0.717) is 18.1 Å². The molecule has 118 valence electrons. The van der Waals surface area contributed by atoms with Gasteiger partial charge in [0, 0.05) is 29.8 Å². The number of anilines is 1. The number of rotatable bonds is 1. The van der Waals surface area contributed by atoms with Crippen LogP contribution in [0.5, 0.6) is 0 Å². The minimum atomic E-state index is 0.389. The van der Waals surface area contributed by atoms with Crippen LogP contribution in [-0.2, 0) is 6.42 Å². The van der Waals surface area contributed by atoms with Crippen molar-refractivity contribution >= 4 is 28.1 Å². The van der Waals surface area contributed by atoms with Gasteiger partial charge in [-0.2, -0.15) is 0 Å². The van der Waals surface area contributed by atoms with Crippen LogP contribution < -0.4 is 4.90 Å². The van der Waals surface area contributed by atoms with Gasteiger partial charge in [0.25, 0.3) is 0 Å². The minimum absolute atomic E-state index is 0.389. The molecule has 0 amide bonds. The Kier molecular flexibility index (Phi) is 3.38. The first kappa shape index (κ1) is 14.6. The number of fused-ring (bicyclic) bond motifs is 2. The molecule has 1 aromatic heterocycles. The number of pyridine rings is 1. The van der Waals surface area contributed by atoms with E-state index >= 15 is 0 Å². The SMILES string of the molecule is CC(=N)N1C(=N)CCc2cc(-c3cncc4ccccc34)ccc21. The lowest BCUT2D eigenvalue weighted by atomic mass is 9.94. The van der Waals surface area contributed by atoms with E-state index in [4.69, 9.17) is 10.8 Å².